The Morgan fingerprint density at radius 3 is 2.32 bits per heavy atom. The maximum atomic E-state index is 12.3. The molecule has 168 valence electrons. The fourth-order valence-corrected chi connectivity index (χ4v) is 4.02. The fraction of sp³-hybridized carbons (Fsp3) is 0.348. The highest BCUT2D eigenvalue weighted by Crippen LogP contribution is 2.32. The number of hydrogen-bond donors (Lipinski definition) is 0. The maximum Gasteiger partial charge on any atom is 0.573 e. The highest BCUT2D eigenvalue weighted by molar-refractivity contribution is 8.13. The lowest BCUT2D eigenvalue weighted by molar-refractivity contribution is -0.274. The smallest absolute Gasteiger partial charge is 0.496 e. The average Bonchev–Trinajstić information content (AvgIpc) is 2.75. The molecular formula is C23H27F3N2O2S. The van der Waals surface area contributed by atoms with E-state index < -0.39 is 6.36 Å². The molecule has 2 aromatic rings. The van der Waals surface area contributed by atoms with Crippen molar-refractivity contribution in [2.75, 3.05) is 20.7 Å². The molecular weight excluding hydrogens is 425 g/mol. The molecule has 0 radical (unpaired) electrons. The summed E-state index contributed by atoms with van der Waals surface area (Å²) < 4.78 is 46.5. The topological polar surface area (TPSA) is 34.1 Å². The van der Waals surface area contributed by atoms with Crippen LogP contribution in [0.2, 0.25) is 0 Å². The average molecular weight is 453 g/mol. The molecule has 31 heavy (non-hydrogen) atoms. The second-order valence-corrected chi connectivity index (χ2v) is 7.37. The Balaban J connectivity index is 2.19. The van der Waals surface area contributed by atoms with Gasteiger partial charge in [0.15, 0.2) is 5.17 Å². The molecule has 0 saturated heterocycles. The van der Waals surface area contributed by atoms with Crippen LogP contribution >= 0.6 is 11.8 Å². The van der Waals surface area contributed by atoms with Crippen LogP contribution < -0.4 is 9.47 Å². The summed E-state index contributed by atoms with van der Waals surface area (Å²) in [6.07, 6.45) is -1.72. The predicted molar refractivity (Wildman–Crippen MR) is 121 cm³/mol. The first-order valence-corrected chi connectivity index (χ1v) is 10.9. The van der Waals surface area contributed by atoms with Crippen LogP contribution in [-0.4, -0.2) is 37.1 Å². The fourth-order valence-electron chi connectivity index (χ4n) is 3.02. The minimum absolute atomic E-state index is 0.231. The Morgan fingerprint density at radius 2 is 1.77 bits per heavy atom. The maximum absolute atomic E-state index is 12.3. The lowest BCUT2D eigenvalue weighted by Gasteiger charge is -2.28. The molecule has 0 atom stereocenters. The number of amidine groups is 1. The van der Waals surface area contributed by atoms with Crippen molar-refractivity contribution in [1.82, 2.24) is 4.90 Å². The third kappa shape index (κ3) is 7.24. The van der Waals surface area contributed by atoms with E-state index in [-0.39, 0.29) is 5.75 Å². The zero-order chi connectivity index (χ0) is 22.9. The van der Waals surface area contributed by atoms with Gasteiger partial charge in [-0.25, -0.2) is 0 Å². The zero-order valence-corrected chi connectivity index (χ0v) is 18.9. The van der Waals surface area contributed by atoms with E-state index in [2.05, 4.69) is 27.6 Å². The highest BCUT2D eigenvalue weighted by atomic mass is 32.2. The van der Waals surface area contributed by atoms with Gasteiger partial charge in [0.1, 0.15) is 11.5 Å². The Morgan fingerprint density at radius 1 is 1.10 bits per heavy atom. The zero-order valence-electron chi connectivity index (χ0n) is 18.1. The van der Waals surface area contributed by atoms with Gasteiger partial charge in [-0.15, -0.1) is 13.2 Å². The Labute approximate surface area is 185 Å². The van der Waals surface area contributed by atoms with Gasteiger partial charge in [-0.1, -0.05) is 49.0 Å². The van der Waals surface area contributed by atoms with Crippen LogP contribution in [0.4, 0.5) is 13.2 Å². The highest BCUT2D eigenvalue weighted by Gasteiger charge is 2.31. The van der Waals surface area contributed by atoms with Crippen LogP contribution in [0.3, 0.4) is 0 Å². The summed E-state index contributed by atoms with van der Waals surface area (Å²) in [6.45, 7) is 4.82. The first-order valence-electron chi connectivity index (χ1n) is 9.88. The molecule has 0 aromatic heterocycles. The summed E-state index contributed by atoms with van der Waals surface area (Å²) in [7, 11) is 3.38. The number of thioether (sulfide) groups is 1. The summed E-state index contributed by atoms with van der Waals surface area (Å²) in [4.78, 5) is 6.59. The minimum atomic E-state index is -4.69. The molecule has 0 aliphatic carbocycles. The Bertz CT molecular complexity index is 896. The molecule has 0 aliphatic heterocycles. The monoisotopic (exact) mass is 452 g/mol. The molecule has 8 heteroatoms. The van der Waals surface area contributed by atoms with Gasteiger partial charge < -0.3 is 14.4 Å². The van der Waals surface area contributed by atoms with Gasteiger partial charge in [0.05, 0.1) is 7.11 Å². The number of methoxy groups -OCH3 is 1. The van der Waals surface area contributed by atoms with E-state index in [0.717, 1.165) is 34.2 Å². The molecule has 0 N–H and O–H groups in total. The lowest BCUT2D eigenvalue weighted by atomic mass is 10.1. The first-order chi connectivity index (χ1) is 14.8. The number of halogens is 3. The number of nitrogens with zero attached hydrogens (tertiary/aromatic N) is 2. The standard InChI is InChI=1S/C23H27F3N2O2S/c1-5-9-20(19-10-7-8-11-21(19)29-4)28(6-2)22(27-3)31-16-17-12-14-18(15-13-17)30-23(24,25)26/h7-15H,5-6,16H2,1-4H3/b20-9-,27-22?. The molecule has 0 aliphatic rings. The summed E-state index contributed by atoms with van der Waals surface area (Å²) in [5, 5.41) is 0.809. The predicted octanol–water partition coefficient (Wildman–Crippen LogP) is 6.59. The van der Waals surface area contributed by atoms with Crippen molar-refractivity contribution in [3.63, 3.8) is 0 Å². The van der Waals surface area contributed by atoms with Crippen molar-refractivity contribution >= 4 is 22.6 Å². The van der Waals surface area contributed by atoms with Crippen LogP contribution in [0.5, 0.6) is 11.5 Å². The van der Waals surface area contributed by atoms with Crippen LogP contribution in [-0.2, 0) is 5.75 Å². The van der Waals surface area contributed by atoms with Gasteiger partial charge in [-0.2, -0.15) is 0 Å². The second kappa shape index (κ2) is 11.7. The van der Waals surface area contributed by atoms with Gasteiger partial charge in [0, 0.05) is 30.6 Å². The number of alkyl halides is 3. The van der Waals surface area contributed by atoms with Gasteiger partial charge in [-0.05, 0) is 43.2 Å². The van der Waals surface area contributed by atoms with Crippen molar-refractivity contribution in [2.45, 2.75) is 32.4 Å². The summed E-state index contributed by atoms with van der Waals surface area (Å²) >= 11 is 1.52. The van der Waals surface area contributed by atoms with Crippen LogP contribution in [0.1, 0.15) is 31.4 Å². The SMILES string of the molecule is CC/C=C(/c1ccccc1OC)N(CC)C(=NC)SCc1ccc(OC(F)(F)F)cc1. The number of allylic oxidation sites excluding steroid dienone is 1. The molecule has 2 rings (SSSR count). The van der Waals surface area contributed by atoms with Crippen LogP contribution in [0.25, 0.3) is 5.70 Å². The number of aliphatic imine (C=N–C) groups is 1. The van der Waals surface area contributed by atoms with Crippen molar-refractivity contribution in [1.29, 1.82) is 0 Å². The molecule has 4 nitrogen and oxygen atoms in total. The van der Waals surface area contributed by atoms with E-state index in [1.165, 1.54) is 23.9 Å². The molecule has 0 heterocycles. The summed E-state index contributed by atoms with van der Waals surface area (Å²) in [6, 6.07) is 13.7. The van der Waals surface area contributed by atoms with E-state index >= 15 is 0 Å². The molecule has 0 spiro atoms. The minimum Gasteiger partial charge on any atom is -0.496 e. The van der Waals surface area contributed by atoms with Crippen LogP contribution in [0, 0.1) is 0 Å². The van der Waals surface area contributed by atoms with Crippen molar-refractivity contribution in [3.8, 4) is 11.5 Å². The van der Waals surface area contributed by atoms with Gasteiger partial charge >= 0.3 is 6.36 Å². The number of para-hydroxylation sites is 1. The normalized spacial score (nSPS) is 12.6. The number of rotatable bonds is 8. The third-order valence-corrected chi connectivity index (χ3v) is 5.47. The number of hydrogen-bond acceptors (Lipinski definition) is 4. The van der Waals surface area contributed by atoms with E-state index in [1.807, 2.05) is 31.2 Å². The number of ether oxygens (including phenoxy) is 2. The molecule has 0 unspecified atom stereocenters. The third-order valence-electron chi connectivity index (χ3n) is 4.33. The lowest BCUT2D eigenvalue weighted by Crippen LogP contribution is -2.27. The van der Waals surface area contributed by atoms with E-state index in [9.17, 15) is 13.2 Å². The molecule has 0 saturated carbocycles. The van der Waals surface area contributed by atoms with E-state index in [4.69, 9.17) is 4.74 Å². The van der Waals surface area contributed by atoms with Gasteiger partial charge in [0.2, 0.25) is 0 Å². The molecule has 0 fully saturated rings. The number of benzene rings is 2. The second-order valence-electron chi connectivity index (χ2n) is 6.43. The van der Waals surface area contributed by atoms with E-state index in [1.54, 1.807) is 26.3 Å². The summed E-state index contributed by atoms with van der Waals surface area (Å²) in [5.41, 5.74) is 2.85. The molecule has 0 amide bonds. The Hall–Kier alpha value is -2.61. The van der Waals surface area contributed by atoms with Crippen LogP contribution in [0.15, 0.2) is 59.6 Å². The van der Waals surface area contributed by atoms with Gasteiger partial charge in [-0.3, -0.25) is 4.99 Å². The quantitative estimate of drug-likeness (QED) is 0.334. The largest absolute Gasteiger partial charge is 0.573 e. The summed E-state index contributed by atoms with van der Waals surface area (Å²) in [5.74, 6) is 1.10. The molecule has 2 aromatic carbocycles. The Kier molecular flexibility index (Phi) is 9.30. The first kappa shape index (κ1) is 24.7. The van der Waals surface area contributed by atoms with Gasteiger partial charge in [0.25, 0.3) is 0 Å². The van der Waals surface area contributed by atoms with Crippen molar-refractivity contribution in [2.24, 2.45) is 4.99 Å². The molecule has 0 bridgehead atoms. The van der Waals surface area contributed by atoms with Crippen molar-refractivity contribution < 1.29 is 22.6 Å². The van der Waals surface area contributed by atoms with E-state index in [0.29, 0.717) is 12.3 Å². The van der Waals surface area contributed by atoms with Crippen molar-refractivity contribution in [3.05, 3.63) is 65.7 Å².